The summed E-state index contributed by atoms with van der Waals surface area (Å²) in [6.07, 6.45) is 1.42. The molecule has 0 spiro atoms. The Balaban J connectivity index is 2.82. The Morgan fingerprint density at radius 1 is 1.00 bits per heavy atom. The topological polar surface area (TPSA) is 12.0 Å². The summed E-state index contributed by atoms with van der Waals surface area (Å²) in [6.45, 7) is 19.3. The van der Waals surface area contributed by atoms with Crippen molar-refractivity contribution in [2.45, 2.75) is 72.1 Å². The van der Waals surface area contributed by atoms with Crippen molar-refractivity contribution in [3.05, 3.63) is 0 Å². The van der Waals surface area contributed by atoms with Crippen LogP contribution in [-0.2, 0) is 0 Å². The van der Waals surface area contributed by atoms with Crippen LogP contribution < -0.4 is 4.98 Å². The summed E-state index contributed by atoms with van der Waals surface area (Å²) < 4.78 is 0. The van der Waals surface area contributed by atoms with Crippen LogP contribution in [0.5, 0.6) is 0 Å². The molecule has 0 heterocycles. The van der Waals surface area contributed by atoms with Gasteiger partial charge < -0.3 is 4.98 Å². The minimum absolute atomic E-state index is 0.265. The Hall–Kier alpha value is 0.177. The molecule has 0 saturated heterocycles. The van der Waals surface area contributed by atoms with Crippen molar-refractivity contribution < 1.29 is 0 Å². The second kappa shape index (κ2) is 4.45. The van der Waals surface area contributed by atoms with Gasteiger partial charge in [0.2, 0.25) is 0 Å². The van der Waals surface area contributed by atoms with Gasteiger partial charge in [-0.05, 0) is 50.5 Å². The largest absolute Gasteiger partial charge is 0.332 e. The molecule has 1 N–H and O–H groups in total. The van der Waals surface area contributed by atoms with Gasteiger partial charge in [-0.15, -0.1) is 0 Å². The Kier molecular flexibility index (Phi) is 3.96. The van der Waals surface area contributed by atoms with E-state index >= 15 is 0 Å². The molecule has 0 aromatic rings. The molecule has 0 radical (unpaired) electrons. The van der Waals surface area contributed by atoms with E-state index in [1.54, 1.807) is 0 Å². The lowest BCUT2D eigenvalue weighted by Crippen LogP contribution is -2.58. The quantitative estimate of drug-likeness (QED) is 0.712. The maximum Gasteiger partial charge on any atom is 0.123 e. The normalized spacial score (nSPS) is 36.8. The van der Waals surface area contributed by atoms with Crippen molar-refractivity contribution in [2.24, 2.45) is 17.8 Å². The zero-order valence-electron chi connectivity index (χ0n) is 12.5. The second-order valence-electron chi connectivity index (χ2n) is 7.67. The van der Waals surface area contributed by atoms with Crippen molar-refractivity contribution in [3.63, 3.8) is 0 Å². The monoisotopic (exact) mass is 241 g/mol. The van der Waals surface area contributed by atoms with Gasteiger partial charge in [0.15, 0.2) is 0 Å². The molecule has 1 aliphatic carbocycles. The third kappa shape index (κ3) is 3.10. The highest BCUT2D eigenvalue weighted by molar-refractivity contribution is 6.76. The lowest BCUT2D eigenvalue weighted by Gasteiger charge is -2.41. The van der Waals surface area contributed by atoms with Gasteiger partial charge >= 0.3 is 0 Å². The fraction of sp³-hybridized carbons (Fsp3) is 1.00. The van der Waals surface area contributed by atoms with Gasteiger partial charge in [-0.25, -0.2) is 0 Å². The van der Waals surface area contributed by atoms with E-state index < -0.39 is 8.24 Å². The molecule has 1 rings (SSSR count). The summed E-state index contributed by atoms with van der Waals surface area (Å²) in [6, 6.07) is 0. The van der Waals surface area contributed by atoms with Crippen LogP contribution in [0.25, 0.3) is 0 Å². The molecule has 1 nitrogen and oxygen atoms in total. The van der Waals surface area contributed by atoms with Crippen LogP contribution in [0.15, 0.2) is 0 Å². The smallest absolute Gasteiger partial charge is 0.123 e. The summed E-state index contributed by atoms with van der Waals surface area (Å²) in [5.74, 6) is 2.71. The molecular weight excluding hydrogens is 210 g/mol. The van der Waals surface area contributed by atoms with E-state index in [1.807, 2.05) is 0 Å². The van der Waals surface area contributed by atoms with Gasteiger partial charge in [0.1, 0.15) is 8.24 Å². The van der Waals surface area contributed by atoms with Gasteiger partial charge in [0.05, 0.1) is 0 Å². The molecular formula is C14H31NSi. The maximum atomic E-state index is 3.96. The van der Waals surface area contributed by atoms with Gasteiger partial charge in [0.25, 0.3) is 0 Å². The molecule has 0 bridgehead atoms. The third-order valence-corrected chi connectivity index (χ3v) is 8.51. The van der Waals surface area contributed by atoms with Crippen LogP contribution in [0.3, 0.4) is 0 Å². The van der Waals surface area contributed by atoms with Gasteiger partial charge in [-0.2, -0.15) is 0 Å². The van der Waals surface area contributed by atoms with Gasteiger partial charge in [-0.3, -0.25) is 0 Å². The predicted octanol–water partition coefficient (Wildman–Crippen LogP) is 4.26. The summed E-state index contributed by atoms with van der Waals surface area (Å²) in [5, 5.41) is 0. The van der Waals surface area contributed by atoms with E-state index in [0.717, 1.165) is 23.3 Å². The average molecular weight is 241 g/mol. The molecule has 0 aromatic carbocycles. The highest BCUT2D eigenvalue weighted by atomic mass is 28.3. The first-order valence-corrected chi connectivity index (χ1v) is 9.91. The fourth-order valence-corrected chi connectivity index (χ4v) is 9.54. The molecule has 96 valence electrons. The summed E-state index contributed by atoms with van der Waals surface area (Å²) in [7, 11) is -1.32. The van der Waals surface area contributed by atoms with Crippen LogP contribution >= 0.6 is 0 Å². The van der Waals surface area contributed by atoms with Gasteiger partial charge in [-0.1, -0.05) is 33.9 Å². The number of hydrogen-bond acceptors (Lipinski definition) is 1. The minimum atomic E-state index is -1.32. The lowest BCUT2D eigenvalue weighted by atomic mass is 10.0. The first kappa shape index (κ1) is 14.2. The highest BCUT2D eigenvalue weighted by Crippen LogP contribution is 2.49. The molecule has 0 aliphatic heterocycles. The number of nitrogens with one attached hydrogen (secondary N) is 1. The molecule has 2 heteroatoms. The van der Waals surface area contributed by atoms with E-state index in [-0.39, 0.29) is 5.54 Å². The molecule has 0 aromatic heterocycles. The number of hydrogen-bond donors (Lipinski definition) is 1. The van der Waals surface area contributed by atoms with Crippen LogP contribution in [-0.4, -0.2) is 13.8 Å². The van der Waals surface area contributed by atoms with Crippen molar-refractivity contribution in [3.8, 4) is 0 Å². The van der Waals surface area contributed by atoms with Crippen LogP contribution in [0, 0.1) is 17.8 Å². The molecule has 1 saturated carbocycles. The summed E-state index contributed by atoms with van der Waals surface area (Å²) >= 11 is 0. The fourth-order valence-electron chi connectivity index (χ4n) is 4.24. The Morgan fingerprint density at radius 2 is 1.50 bits per heavy atom. The van der Waals surface area contributed by atoms with E-state index in [9.17, 15) is 0 Å². The Morgan fingerprint density at radius 3 is 1.81 bits per heavy atom. The average Bonchev–Trinajstić information content (AvgIpc) is 2.20. The van der Waals surface area contributed by atoms with E-state index in [4.69, 9.17) is 0 Å². The van der Waals surface area contributed by atoms with Crippen LogP contribution in [0.4, 0.5) is 0 Å². The Bertz CT molecular complexity index is 242. The lowest BCUT2D eigenvalue weighted by molar-refractivity contribution is 0.435. The van der Waals surface area contributed by atoms with Gasteiger partial charge in [0, 0.05) is 5.54 Å². The predicted molar refractivity (Wildman–Crippen MR) is 76.2 cm³/mol. The molecule has 4 atom stereocenters. The zero-order chi connectivity index (χ0) is 12.7. The maximum absolute atomic E-state index is 3.96. The van der Waals surface area contributed by atoms with Crippen LogP contribution in [0.2, 0.25) is 18.6 Å². The zero-order valence-corrected chi connectivity index (χ0v) is 13.5. The highest BCUT2D eigenvalue weighted by Gasteiger charge is 2.46. The summed E-state index contributed by atoms with van der Waals surface area (Å²) in [5.41, 5.74) is 1.20. The Labute approximate surface area is 103 Å². The SMILES string of the molecule is CC1CC(C)C([Si](C)(C)NC(C)(C)C)C1C. The molecule has 0 amide bonds. The number of rotatable bonds is 2. The standard InChI is InChI=1S/C14H31NSi/c1-10-9-11(2)13(12(10)3)16(7,8)15-14(4,5)6/h10-13,15H,9H2,1-8H3. The van der Waals surface area contributed by atoms with E-state index in [0.29, 0.717) is 0 Å². The minimum Gasteiger partial charge on any atom is -0.332 e. The molecule has 4 unspecified atom stereocenters. The molecule has 1 aliphatic rings. The van der Waals surface area contributed by atoms with E-state index in [1.165, 1.54) is 6.42 Å². The summed E-state index contributed by atoms with van der Waals surface area (Å²) in [4.78, 5) is 3.96. The van der Waals surface area contributed by atoms with Crippen molar-refractivity contribution in [1.29, 1.82) is 0 Å². The van der Waals surface area contributed by atoms with Crippen molar-refractivity contribution in [1.82, 2.24) is 4.98 Å². The molecule has 16 heavy (non-hydrogen) atoms. The first-order valence-electron chi connectivity index (χ1n) is 6.84. The second-order valence-corrected chi connectivity index (χ2v) is 12.0. The van der Waals surface area contributed by atoms with E-state index in [2.05, 4.69) is 59.6 Å². The third-order valence-electron chi connectivity index (χ3n) is 4.35. The first-order chi connectivity index (χ1) is 7.04. The molecule has 1 fully saturated rings. The van der Waals surface area contributed by atoms with Crippen molar-refractivity contribution in [2.75, 3.05) is 0 Å². The van der Waals surface area contributed by atoms with Crippen LogP contribution in [0.1, 0.15) is 48.0 Å². The van der Waals surface area contributed by atoms with Crippen molar-refractivity contribution >= 4 is 8.24 Å².